The van der Waals surface area contributed by atoms with E-state index in [1.54, 1.807) is 59.2 Å². The van der Waals surface area contributed by atoms with E-state index >= 15 is 0 Å². The highest BCUT2D eigenvalue weighted by Crippen LogP contribution is 2.56. The lowest BCUT2D eigenvalue weighted by molar-refractivity contribution is 0.591. The standard InChI is InChI=1S/C106H75BN6/c1-106(2,3)74-63-88(72-37-14-6-15-38-72)105(89(64-74)73-39-16-7-17-40-73)113-100-66-78(109-93-52-27-22-45-83(93)84-46-23-28-53-94(84)109)57-60-92(100)107-91-61-58-79(110-97-56-31-26-49-87(97)90-65-77(59-62-98(90)110)108(75-41-18-8-19-42-75)76-43-20-9-21-44-76)67-99(91)112(104-81(70-33-10-4-11-34-70)50-32-51-82(104)71-35-12-5-13-36-71)101-68-80(69-102(113)103(101)107)111-95-54-29-24-47-85(95)86-48-25-30-55-96(86)111/h4-69H,1-3H3/i8D,18D,19D,22D,23D,24D,25D,26D,27D,28D,29D,30D,31D,41D,42D,45D,46D,47D,48D,49D,52D,53D,54D,55D,56D. The Morgan fingerprint density at radius 2 is 0.637 bits per heavy atom. The van der Waals surface area contributed by atoms with Gasteiger partial charge in [-0.05, 0) is 171 Å². The fraction of sp³-hybridized carbons (Fsp3) is 0.0377. The van der Waals surface area contributed by atoms with Gasteiger partial charge in [0, 0.05) is 106 Å². The van der Waals surface area contributed by atoms with E-state index in [1.807, 2.05) is 182 Å². The normalized spacial score (nSPS) is 15.6. The van der Waals surface area contributed by atoms with Crippen LogP contribution in [0.25, 0.3) is 127 Å². The molecule has 6 nitrogen and oxygen atoms in total. The maximum absolute atomic E-state index is 10.3. The third kappa shape index (κ3) is 10.5. The molecule has 2 aliphatic rings. The van der Waals surface area contributed by atoms with Gasteiger partial charge in [-0.3, -0.25) is 0 Å². The summed E-state index contributed by atoms with van der Waals surface area (Å²) < 4.78 is 245. The van der Waals surface area contributed by atoms with Crippen molar-refractivity contribution in [3.05, 3.63) is 405 Å². The van der Waals surface area contributed by atoms with Crippen LogP contribution in [0, 0.1) is 0 Å². The molecule has 0 radical (unpaired) electrons. The van der Waals surface area contributed by atoms with Gasteiger partial charge in [0.25, 0.3) is 6.71 Å². The first kappa shape index (κ1) is 44.9. The molecule has 5 heterocycles. The van der Waals surface area contributed by atoms with Gasteiger partial charge in [-0.1, -0.05) is 299 Å². The maximum Gasteiger partial charge on any atom is 0.252 e. The molecule has 0 spiro atoms. The topological polar surface area (TPSA) is 24.5 Å². The molecule has 0 atom stereocenters. The van der Waals surface area contributed by atoms with Crippen molar-refractivity contribution in [3.63, 3.8) is 0 Å². The van der Waals surface area contributed by atoms with Crippen LogP contribution >= 0.6 is 0 Å². The third-order valence-corrected chi connectivity index (χ3v) is 22.0. The smallest absolute Gasteiger partial charge is 0.252 e. The highest BCUT2D eigenvalue weighted by molar-refractivity contribution is 7.00. The van der Waals surface area contributed by atoms with Crippen LogP contribution in [0.15, 0.2) is 400 Å². The van der Waals surface area contributed by atoms with E-state index in [1.165, 1.54) is 14.0 Å². The van der Waals surface area contributed by atoms with Crippen LogP contribution < -0.4 is 31.1 Å². The average Bonchev–Trinajstić information content (AvgIpc) is 0.962. The minimum atomic E-state index is -1.05. The lowest BCUT2D eigenvalue weighted by atomic mass is 9.33. The number of benzene rings is 17. The van der Waals surface area contributed by atoms with E-state index in [0.29, 0.717) is 89.7 Å². The lowest BCUT2D eigenvalue weighted by Crippen LogP contribution is -2.61. The van der Waals surface area contributed by atoms with Crippen molar-refractivity contribution in [2.45, 2.75) is 26.2 Å². The van der Waals surface area contributed by atoms with Gasteiger partial charge < -0.3 is 28.4 Å². The molecular formula is C106H75BN6. The van der Waals surface area contributed by atoms with Crippen molar-refractivity contribution in [2.24, 2.45) is 0 Å². The summed E-state index contributed by atoms with van der Waals surface area (Å²) in [4.78, 5) is 5.74. The lowest BCUT2D eigenvalue weighted by Gasteiger charge is -2.46. The first-order valence-corrected chi connectivity index (χ1v) is 37.2. The van der Waals surface area contributed by atoms with E-state index in [9.17, 15) is 30.2 Å². The van der Waals surface area contributed by atoms with Crippen molar-refractivity contribution >= 4 is 140 Å². The van der Waals surface area contributed by atoms with E-state index in [-0.39, 0.29) is 82.7 Å². The Labute approximate surface area is 692 Å². The Hall–Kier alpha value is -14.4. The molecule has 3 aromatic heterocycles. The minimum absolute atomic E-state index is 0.0107. The maximum atomic E-state index is 10.3. The van der Waals surface area contributed by atoms with E-state index < -0.39 is 163 Å². The quantitative estimate of drug-likeness (QED) is 0.114. The first-order valence-electron chi connectivity index (χ1n) is 49.7. The van der Waals surface area contributed by atoms with Crippen LogP contribution in [-0.4, -0.2) is 20.4 Å². The van der Waals surface area contributed by atoms with Crippen LogP contribution in [0.3, 0.4) is 0 Å². The Morgan fingerprint density at radius 1 is 0.274 bits per heavy atom. The van der Waals surface area contributed by atoms with Crippen LogP contribution in [0.1, 0.15) is 60.6 Å². The van der Waals surface area contributed by atoms with Gasteiger partial charge in [0.15, 0.2) is 0 Å². The number of fused-ring (bicyclic) bond motifs is 13. The van der Waals surface area contributed by atoms with Crippen LogP contribution in [0.2, 0.25) is 0 Å². The first-order chi connectivity index (χ1) is 66.1. The van der Waals surface area contributed by atoms with E-state index in [2.05, 4.69) is 42.7 Å². The molecule has 0 fully saturated rings. The molecule has 20 aromatic rings. The molecule has 532 valence electrons. The fourth-order valence-corrected chi connectivity index (χ4v) is 17.1. The second kappa shape index (κ2) is 26.2. The zero-order valence-electron chi connectivity index (χ0n) is 85.9. The Morgan fingerprint density at radius 3 is 1.07 bits per heavy atom. The predicted molar refractivity (Wildman–Crippen MR) is 479 cm³/mol. The zero-order chi connectivity index (χ0) is 96.8. The second-order valence-electron chi connectivity index (χ2n) is 29.3. The van der Waals surface area contributed by atoms with Crippen LogP contribution in [0.5, 0.6) is 0 Å². The van der Waals surface area contributed by atoms with Gasteiger partial charge in [0.05, 0.1) is 84.4 Å². The van der Waals surface area contributed by atoms with Crippen LogP contribution in [0.4, 0.5) is 51.2 Å². The van der Waals surface area contributed by atoms with Gasteiger partial charge in [0.2, 0.25) is 0 Å². The molecule has 0 saturated heterocycles. The van der Waals surface area contributed by atoms with Crippen molar-refractivity contribution in [1.82, 2.24) is 13.7 Å². The average molecular weight is 1470 g/mol. The predicted octanol–water partition coefficient (Wildman–Crippen LogP) is 26.5. The van der Waals surface area contributed by atoms with Crippen molar-refractivity contribution in [1.29, 1.82) is 0 Å². The molecule has 17 aromatic carbocycles. The summed E-state index contributed by atoms with van der Waals surface area (Å²) in [5.74, 6) is 0. The van der Waals surface area contributed by atoms with Gasteiger partial charge in [-0.25, -0.2) is 0 Å². The molecule has 0 aliphatic carbocycles. The summed E-state index contributed by atoms with van der Waals surface area (Å²) in [6, 6.07) is 63.1. The summed E-state index contributed by atoms with van der Waals surface area (Å²) in [5.41, 5.74) is 10.6. The number of anilines is 9. The highest BCUT2D eigenvalue weighted by atomic mass is 15.2. The van der Waals surface area contributed by atoms with Crippen LogP contribution in [-0.2, 0) is 5.41 Å². The number of hydrogen-bond donors (Lipinski definition) is 0. The summed E-state index contributed by atoms with van der Waals surface area (Å²) in [7, 11) is 0. The van der Waals surface area contributed by atoms with Crippen molar-refractivity contribution < 1.29 is 34.3 Å². The molecule has 0 saturated carbocycles. The molecule has 22 rings (SSSR count). The molecule has 0 unspecified atom stereocenters. The number of aromatic nitrogens is 3. The molecule has 0 N–H and O–H groups in total. The summed E-state index contributed by atoms with van der Waals surface area (Å²) in [5, 5.41) is -0.494. The summed E-state index contributed by atoms with van der Waals surface area (Å²) in [6.07, 6.45) is 0. The number of nitrogens with zero attached hydrogens (tertiary/aromatic N) is 6. The van der Waals surface area contributed by atoms with Crippen molar-refractivity contribution in [2.75, 3.05) is 14.7 Å². The monoisotopic (exact) mass is 1470 g/mol. The van der Waals surface area contributed by atoms with Gasteiger partial charge in [-0.15, -0.1) is 0 Å². The molecular weight excluding hydrogens is 1370 g/mol. The van der Waals surface area contributed by atoms with Gasteiger partial charge in [-0.2, -0.15) is 0 Å². The molecule has 0 amide bonds. The Kier molecular flexibility index (Phi) is 10.4. The second-order valence-corrected chi connectivity index (χ2v) is 29.3. The number of rotatable bonds is 12. The summed E-state index contributed by atoms with van der Waals surface area (Å²) in [6.45, 7) is 5.30. The summed E-state index contributed by atoms with van der Waals surface area (Å²) >= 11 is 0. The third-order valence-electron chi connectivity index (χ3n) is 22.0. The molecule has 7 heteroatoms. The highest BCUT2D eigenvalue weighted by Gasteiger charge is 2.46. The van der Waals surface area contributed by atoms with Crippen molar-refractivity contribution in [3.8, 4) is 61.6 Å². The van der Waals surface area contributed by atoms with E-state index in [0.717, 1.165) is 27.8 Å². The Bertz CT molecular complexity index is 8470. The molecule has 113 heavy (non-hydrogen) atoms. The zero-order valence-corrected chi connectivity index (χ0v) is 60.9. The van der Waals surface area contributed by atoms with Gasteiger partial charge in [0.1, 0.15) is 0 Å². The Balaban J connectivity index is 0.966. The van der Waals surface area contributed by atoms with Gasteiger partial charge >= 0.3 is 0 Å². The number of para-hydroxylation sites is 8. The van der Waals surface area contributed by atoms with E-state index in [4.69, 9.17) is 4.11 Å². The molecule has 2 aliphatic heterocycles. The SMILES string of the molecule is [2H]c1c([2H])c([2H])c(N(c2ccccc2)c2ccc3c(c2)c2c([2H])c([2H])c([2H])c([2H])c2n3-c2ccc3c(c2)N(c2c(-c4ccccc4)cccc2-c2ccccc2)c2cc(-n4c5c([2H])c([2H])c([2H])c([2H])c5c5c([2H])c([2H])c([2H])c([2H])c54)cc4c2B3c2ccc(-n3c5c([2H])c([2H])c([2H])c([2H])c5c5c([2H])c([2H])c([2H])c([2H])c53)cc2N4c2c(-c3ccccc3)cc(C(C)(C)C)cc2-c2ccccc2)c([2H])c1[2H]. The number of hydrogen-bond acceptors (Lipinski definition) is 3. The largest absolute Gasteiger partial charge is 0.310 e. The fourth-order valence-electron chi connectivity index (χ4n) is 17.1. The minimum Gasteiger partial charge on any atom is -0.310 e. The molecule has 0 bridgehead atoms.